The zero-order chi connectivity index (χ0) is 14.1. The first-order valence-corrected chi connectivity index (χ1v) is 7.29. The first-order valence-electron chi connectivity index (χ1n) is 5.61. The zero-order valence-electron chi connectivity index (χ0n) is 9.83. The van der Waals surface area contributed by atoms with Crippen LogP contribution in [0.3, 0.4) is 0 Å². The second-order valence-corrected chi connectivity index (χ2v) is 6.33. The molecule has 0 bridgehead atoms. The molecular weight excluding hydrogens is 267 g/mol. The highest BCUT2D eigenvalue weighted by molar-refractivity contribution is 7.52. The molecule has 6 N–H and O–H groups in total. The van der Waals surface area contributed by atoms with Crippen LogP contribution in [0.15, 0.2) is 0 Å². The molecule has 0 radical (unpaired) electrons. The second kappa shape index (κ2) is 5.94. The average molecular weight is 286 g/mol. The minimum absolute atomic E-state index is 0.158. The van der Waals surface area contributed by atoms with E-state index < -0.39 is 44.0 Å². The maximum absolute atomic E-state index is 11.2. The van der Waals surface area contributed by atoms with Crippen LogP contribution in [0.1, 0.15) is 19.8 Å². The van der Waals surface area contributed by atoms with E-state index in [1.165, 1.54) is 0 Å². The molecule has 1 aliphatic heterocycles. The van der Waals surface area contributed by atoms with Gasteiger partial charge in [0.2, 0.25) is 0 Å². The summed E-state index contributed by atoms with van der Waals surface area (Å²) in [6, 6.07) is 0. The minimum atomic E-state index is -4.34. The zero-order valence-corrected chi connectivity index (χ0v) is 10.7. The Kier molecular flexibility index (Phi) is 5.28. The molecule has 8 nitrogen and oxygen atoms in total. The van der Waals surface area contributed by atoms with E-state index in [9.17, 15) is 25.0 Å². The van der Waals surface area contributed by atoms with Gasteiger partial charge in [-0.1, -0.05) is 6.92 Å². The molecule has 0 aliphatic carbocycles. The van der Waals surface area contributed by atoms with Gasteiger partial charge in [0, 0.05) is 0 Å². The summed E-state index contributed by atoms with van der Waals surface area (Å²) >= 11 is 0. The molecule has 0 aromatic carbocycles. The van der Waals surface area contributed by atoms with Crippen molar-refractivity contribution in [2.45, 2.75) is 56.1 Å². The molecule has 1 saturated heterocycles. The summed E-state index contributed by atoms with van der Waals surface area (Å²) in [5.41, 5.74) is -1.04. The van der Waals surface area contributed by atoms with Crippen molar-refractivity contribution in [3.63, 3.8) is 0 Å². The number of hydrogen-bond donors (Lipinski definition) is 6. The summed E-state index contributed by atoms with van der Waals surface area (Å²) in [4.78, 5) is 18.2. The van der Waals surface area contributed by atoms with E-state index in [0.717, 1.165) is 0 Å². The second-order valence-electron chi connectivity index (χ2n) is 4.42. The molecule has 1 rings (SSSR count). The molecule has 6 atom stereocenters. The van der Waals surface area contributed by atoms with Gasteiger partial charge in [-0.25, -0.2) is 0 Å². The summed E-state index contributed by atoms with van der Waals surface area (Å²) in [6.45, 7) is 1.57. The van der Waals surface area contributed by atoms with E-state index >= 15 is 0 Å². The third-order valence-electron chi connectivity index (χ3n) is 3.14. The molecule has 0 spiro atoms. The van der Waals surface area contributed by atoms with Gasteiger partial charge in [0.25, 0.3) is 0 Å². The Morgan fingerprint density at radius 3 is 2.11 bits per heavy atom. The first-order chi connectivity index (χ1) is 8.18. The molecule has 108 valence electrons. The molecule has 1 aliphatic rings. The SMILES string of the molecule is CCC(C[C@H]1O[C@H](O)[C@@H](O)[C@@H](O)[C@@H]1O)P(=O)(O)O. The van der Waals surface area contributed by atoms with Crippen LogP contribution in [0.25, 0.3) is 0 Å². The Balaban J connectivity index is 2.74. The predicted molar refractivity (Wildman–Crippen MR) is 59.6 cm³/mol. The van der Waals surface area contributed by atoms with Gasteiger partial charge in [-0.2, -0.15) is 0 Å². The molecule has 18 heavy (non-hydrogen) atoms. The monoisotopic (exact) mass is 286 g/mol. The molecule has 0 saturated carbocycles. The van der Waals surface area contributed by atoms with Crippen LogP contribution in [0.5, 0.6) is 0 Å². The number of ether oxygens (including phenoxy) is 1. The normalized spacial score (nSPS) is 39.6. The van der Waals surface area contributed by atoms with Gasteiger partial charge in [-0.05, 0) is 12.8 Å². The van der Waals surface area contributed by atoms with E-state index in [1.54, 1.807) is 6.92 Å². The van der Waals surface area contributed by atoms with E-state index in [2.05, 4.69) is 0 Å². The smallest absolute Gasteiger partial charge is 0.328 e. The Morgan fingerprint density at radius 2 is 1.67 bits per heavy atom. The van der Waals surface area contributed by atoms with Gasteiger partial charge in [-0.3, -0.25) is 4.57 Å². The Morgan fingerprint density at radius 1 is 1.11 bits per heavy atom. The van der Waals surface area contributed by atoms with E-state index in [1.807, 2.05) is 0 Å². The molecule has 9 heteroatoms. The lowest BCUT2D eigenvalue weighted by Gasteiger charge is -2.39. The largest absolute Gasteiger partial charge is 0.388 e. The number of aliphatic hydroxyl groups excluding tert-OH is 4. The Hall–Kier alpha value is -0.0500. The van der Waals surface area contributed by atoms with Crippen molar-refractivity contribution in [3.8, 4) is 0 Å². The topological polar surface area (TPSA) is 148 Å². The van der Waals surface area contributed by atoms with Crippen molar-refractivity contribution in [2.24, 2.45) is 0 Å². The maximum Gasteiger partial charge on any atom is 0.328 e. The quantitative estimate of drug-likeness (QED) is 0.329. The third-order valence-corrected chi connectivity index (χ3v) is 4.67. The van der Waals surface area contributed by atoms with Crippen LogP contribution >= 0.6 is 7.60 Å². The van der Waals surface area contributed by atoms with Crippen molar-refractivity contribution in [1.29, 1.82) is 0 Å². The van der Waals surface area contributed by atoms with Gasteiger partial charge < -0.3 is 34.9 Å². The van der Waals surface area contributed by atoms with E-state index in [-0.39, 0.29) is 12.8 Å². The van der Waals surface area contributed by atoms with Crippen LogP contribution in [-0.2, 0) is 9.30 Å². The lowest BCUT2D eigenvalue weighted by molar-refractivity contribution is -0.282. The molecule has 1 fully saturated rings. The van der Waals surface area contributed by atoms with Crippen LogP contribution in [0.4, 0.5) is 0 Å². The summed E-state index contributed by atoms with van der Waals surface area (Å²) in [5, 5.41) is 37.6. The van der Waals surface area contributed by atoms with Crippen molar-refractivity contribution < 1.29 is 39.5 Å². The van der Waals surface area contributed by atoms with Crippen LogP contribution < -0.4 is 0 Å². The highest BCUT2D eigenvalue weighted by atomic mass is 31.2. The van der Waals surface area contributed by atoms with E-state index in [4.69, 9.17) is 14.5 Å². The number of hydrogen-bond acceptors (Lipinski definition) is 6. The lowest BCUT2D eigenvalue weighted by Crippen LogP contribution is -2.57. The maximum atomic E-state index is 11.2. The van der Waals surface area contributed by atoms with Crippen molar-refractivity contribution >= 4 is 7.60 Å². The highest BCUT2D eigenvalue weighted by Crippen LogP contribution is 2.46. The van der Waals surface area contributed by atoms with Crippen LogP contribution in [-0.4, -0.2) is 66.6 Å². The fourth-order valence-electron chi connectivity index (χ4n) is 1.94. The van der Waals surface area contributed by atoms with Crippen molar-refractivity contribution in [1.82, 2.24) is 0 Å². The van der Waals surface area contributed by atoms with Gasteiger partial charge in [0.1, 0.15) is 18.3 Å². The number of rotatable bonds is 4. The van der Waals surface area contributed by atoms with Gasteiger partial charge in [-0.15, -0.1) is 0 Å². The fourth-order valence-corrected chi connectivity index (χ4v) is 2.89. The molecule has 0 amide bonds. The highest BCUT2D eigenvalue weighted by Gasteiger charge is 2.45. The first kappa shape index (κ1) is 16.0. The van der Waals surface area contributed by atoms with Crippen molar-refractivity contribution in [3.05, 3.63) is 0 Å². The molecule has 0 aromatic rings. The standard InChI is InChI=1S/C9H19O8P/c1-2-4(18(14,15)16)3-5-6(10)7(11)8(12)9(13)17-5/h4-13H,2-3H2,1H3,(H2,14,15,16)/t4?,5-,6-,7+,8+,9+/m1/s1. The Bertz CT molecular complexity index is 318. The number of aliphatic hydroxyl groups is 4. The summed E-state index contributed by atoms with van der Waals surface area (Å²) < 4.78 is 16.0. The van der Waals surface area contributed by atoms with Gasteiger partial charge in [0.15, 0.2) is 6.29 Å². The van der Waals surface area contributed by atoms with Crippen LogP contribution in [0, 0.1) is 0 Å². The summed E-state index contributed by atoms with van der Waals surface area (Å²) in [5.74, 6) is 0. The Labute approximate surface area is 104 Å². The molecular formula is C9H19O8P. The predicted octanol–water partition coefficient (Wildman–Crippen LogP) is -1.87. The van der Waals surface area contributed by atoms with Gasteiger partial charge >= 0.3 is 7.60 Å². The summed E-state index contributed by atoms with van der Waals surface area (Å²) in [7, 11) is -4.34. The molecule has 1 heterocycles. The van der Waals surface area contributed by atoms with E-state index in [0.29, 0.717) is 0 Å². The van der Waals surface area contributed by atoms with Gasteiger partial charge in [0.05, 0.1) is 11.8 Å². The van der Waals surface area contributed by atoms with Crippen LogP contribution in [0.2, 0.25) is 0 Å². The lowest BCUT2D eigenvalue weighted by atomic mass is 9.95. The fraction of sp³-hybridized carbons (Fsp3) is 1.00. The van der Waals surface area contributed by atoms with Crippen molar-refractivity contribution in [2.75, 3.05) is 0 Å². The molecule has 0 aromatic heterocycles. The average Bonchev–Trinajstić information content (AvgIpc) is 2.27. The third kappa shape index (κ3) is 3.49. The summed E-state index contributed by atoms with van der Waals surface area (Å²) in [6.07, 6.45) is -7.67. The minimum Gasteiger partial charge on any atom is -0.388 e. The molecule has 1 unspecified atom stereocenters.